The van der Waals surface area contributed by atoms with Gasteiger partial charge < -0.3 is 9.47 Å². The van der Waals surface area contributed by atoms with E-state index in [0.717, 1.165) is 28.7 Å². The molecular formula is C16H16O4S2. The van der Waals surface area contributed by atoms with Crippen molar-refractivity contribution in [2.75, 3.05) is 20.3 Å². The van der Waals surface area contributed by atoms with Gasteiger partial charge in [-0.05, 0) is 30.3 Å². The van der Waals surface area contributed by atoms with Gasteiger partial charge in [-0.25, -0.2) is 0 Å². The fourth-order valence-corrected chi connectivity index (χ4v) is 3.19. The average Bonchev–Trinajstić information content (AvgIpc) is 2.56. The van der Waals surface area contributed by atoms with Gasteiger partial charge in [0.25, 0.3) is 0 Å². The van der Waals surface area contributed by atoms with Crippen LogP contribution in [0.15, 0.2) is 58.3 Å². The topological polar surface area (TPSA) is 36.9 Å². The molecule has 0 spiro atoms. The van der Waals surface area contributed by atoms with Crippen LogP contribution in [-0.4, -0.2) is 26.4 Å². The molecule has 6 heteroatoms. The lowest BCUT2D eigenvalue weighted by Crippen LogP contribution is -2.32. The van der Waals surface area contributed by atoms with Crippen LogP contribution in [0.2, 0.25) is 0 Å². The summed E-state index contributed by atoms with van der Waals surface area (Å²) in [6.45, 7) is 0.885. The molecule has 0 saturated carbocycles. The zero-order valence-electron chi connectivity index (χ0n) is 12.1. The summed E-state index contributed by atoms with van der Waals surface area (Å²) in [5.74, 6) is 1.52. The van der Waals surface area contributed by atoms with Gasteiger partial charge in [-0.1, -0.05) is 30.0 Å². The van der Waals surface area contributed by atoms with E-state index < -0.39 is 0 Å². The molecule has 22 heavy (non-hydrogen) atoms. The van der Waals surface area contributed by atoms with Crippen molar-refractivity contribution in [3.8, 4) is 11.5 Å². The molecule has 1 aliphatic heterocycles. The standard InChI is InChI=1S/C16H16O4S2/c1-17-22-19-11-12-10-18-15-8-7-14(9-16(15)20-12)21-13-5-3-2-4-6-13/h2-9,12H,10-11H2,1H3/t12-/m0/s1. The Morgan fingerprint density at radius 2 is 1.95 bits per heavy atom. The lowest BCUT2D eigenvalue weighted by atomic mass is 10.2. The van der Waals surface area contributed by atoms with Gasteiger partial charge in [0.15, 0.2) is 29.9 Å². The highest BCUT2D eigenvalue weighted by atomic mass is 32.2. The second-order valence-electron chi connectivity index (χ2n) is 4.59. The molecule has 2 aromatic rings. The zero-order valence-corrected chi connectivity index (χ0v) is 13.7. The molecule has 116 valence electrons. The SMILES string of the molecule is COSOC[C@@H]1COc2ccc(Sc3ccccc3)cc2O1. The van der Waals surface area contributed by atoms with E-state index in [9.17, 15) is 0 Å². The third kappa shape index (κ3) is 4.10. The molecule has 0 radical (unpaired) electrons. The van der Waals surface area contributed by atoms with Crippen LogP contribution in [-0.2, 0) is 8.37 Å². The number of rotatable bonds is 6. The van der Waals surface area contributed by atoms with Crippen molar-refractivity contribution in [3.63, 3.8) is 0 Å². The van der Waals surface area contributed by atoms with Crippen LogP contribution in [0.5, 0.6) is 11.5 Å². The molecule has 0 aliphatic carbocycles. The predicted octanol–water partition coefficient (Wildman–Crippen LogP) is 4.20. The van der Waals surface area contributed by atoms with Gasteiger partial charge >= 0.3 is 0 Å². The summed E-state index contributed by atoms with van der Waals surface area (Å²) in [6.07, 6.45) is -0.132. The predicted molar refractivity (Wildman–Crippen MR) is 87.5 cm³/mol. The number of hydrogen-bond acceptors (Lipinski definition) is 6. The first-order valence-corrected chi connectivity index (χ1v) is 8.32. The van der Waals surface area contributed by atoms with Crippen molar-refractivity contribution < 1.29 is 17.8 Å². The summed E-state index contributed by atoms with van der Waals surface area (Å²) in [5.41, 5.74) is 0. The molecule has 1 atom stereocenters. The van der Waals surface area contributed by atoms with E-state index in [1.165, 1.54) is 4.90 Å². The molecule has 3 rings (SSSR count). The molecule has 0 amide bonds. The summed E-state index contributed by atoms with van der Waals surface area (Å²) in [5, 5.41) is 0. The normalized spacial score (nSPS) is 16.5. The smallest absolute Gasteiger partial charge is 0.163 e. The Morgan fingerprint density at radius 3 is 2.77 bits per heavy atom. The van der Waals surface area contributed by atoms with Crippen molar-refractivity contribution >= 4 is 24.1 Å². The average molecular weight is 336 g/mol. The van der Waals surface area contributed by atoms with Crippen LogP contribution in [0.25, 0.3) is 0 Å². The van der Waals surface area contributed by atoms with Crippen LogP contribution in [0.3, 0.4) is 0 Å². The van der Waals surface area contributed by atoms with Crippen LogP contribution in [0.1, 0.15) is 0 Å². The van der Waals surface area contributed by atoms with E-state index in [2.05, 4.69) is 12.1 Å². The first-order valence-electron chi connectivity index (χ1n) is 6.84. The third-order valence-electron chi connectivity index (χ3n) is 2.98. The van der Waals surface area contributed by atoms with E-state index >= 15 is 0 Å². The highest BCUT2D eigenvalue weighted by Gasteiger charge is 2.22. The highest BCUT2D eigenvalue weighted by molar-refractivity contribution is 7.99. The molecule has 0 bridgehead atoms. The van der Waals surface area contributed by atoms with Gasteiger partial charge in [-0.15, -0.1) is 0 Å². The van der Waals surface area contributed by atoms with Crippen LogP contribution < -0.4 is 9.47 Å². The number of fused-ring (bicyclic) bond motifs is 1. The molecular weight excluding hydrogens is 320 g/mol. The Balaban J connectivity index is 1.66. The van der Waals surface area contributed by atoms with Crippen molar-refractivity contribution in [1.29, 1.82) is 0 Å². The van der Waals surface area contributed by atoms with E-state index in [-0.39, 0.29) is 6.10 Å². The minimum Gasteiger partial charge on any atom is -0.486 e. The Hall–Kier alpha value is -1.34. The fraction of sp³-hybridized carbons (Fsp3) is 0.250. The van der Waals surface area contributed by atoms with Gasteiger partial charge in [0.05, 0.1) is 7.11 Å². The molecule has 1 heterocycles. The largest absolute Gasteiger partial charge is 0.486 e. The first kappa shape index (κ1) is 15.6. The Bertz CT molecular complexity index is 606. The number of ether oxygens (including phenoxy) is 2. The fourth-order valence-electron chi connectivity index (χ4n) is 2.02. The number of hydrogen-bond donors (Lipinski definition) is 0. The Labute approximate surface area is 138 Å². The third-order valence-corrected chi connectivity index (χ3v) is 4.35. The molecule has 0 saturated heterocycles. The number of benzene rings is 2. The zero-order chi connectivity index (χ0) is 15.2. The van der Waals surface area contributed by atoms with Crippen LogP contribution in [0, 0.1) is 0 Å². The van der Waals surface area contributed by atoms with Crippen LogP contribution in [0.4, 0.5) is 0 Å². The van der Waals surface area contributed by atoms with Crippen LogP contribution >= 0.6 is 24.1 Å². The molecule has 1 aliphatic rings. The maximum absolute atomic E-state index is 5.92. The lowest BCUT2D eigenvalue weighted by Gasteiger charge is -2.26. The molecule has 0 fully saturated rings. The lowest BCUT2D eigenvalue weighted by molar-refractivity contribution is 0.0569. The van der Waals surface area contributed by atoms with Crippen molar-refractivity contribution in [1.82, 2.24) is 0 Å². The minimum absolute atomic E-state index is 0.132. The Morgan fingerprint density at radius 1 is 1.09 bits per heavy atom. The molecule has 0 aromatic heterocycles. The first-order chi connectivity index (χ1) is 10.8. The Kier molecular flexibility index (Phi) is 5.50. The second-order valence-corrected chi connectivity index (χ2v) is 6.45. The van der Waals surface area contributed by atoms with Crippen molar-refractivity contribution in [2.45, 2.75) is 15.9 Å². The molecule has 4 nitrogen and oxygen atoms in total. The monoisotopic (exact) mass is 336 g/mol. The summed E-state index contributed by atoms with van der Waals surface area (Å²) >= 11 is 2.64. The van der Waals surface area contributed by atoms with E-state index in [0.29, 0.717) is 13.2 Å². The van der Waals surface area contributed by atoms with Crippen molar-refractivity contribution in [3.05, 3.63) is 48.5 Å². The quantitative estimate of drug-likeness (QED) is 0.581. The summed E-state index contributed by atoms with van der Waals surface area (Å²) in [6, 6.07) is 16.2. The highest BCUT2D eigenvalue weighted by Crippen LogP contribution is 2.37. The van der Waals surface area contributed by atoms with E-state index in [4.69, 9.17) is 17.8 Å². The van der Waals surface area contributed by atoms with Gasteiger partial charge in [-0.3, -0.25) is 8.37 Å². The van der Waals surface area contributed by atoms with Gasteiger partial charge in [0.2, 0.25) is 0 Å². The van der Waals surface area contributed by atoms with Gasteiger partial charge in [0.1, 0.15) is 13.2 Å². The van der Waals surface area contributed by atoms with Gasteiger partial charge in [-0.2, -0.15) is 0 Å². The van der Waals surface area contributed by atoms with E-state index in [1.807, 2.05) is 36.4 Å². The molecule has 2 aromatic carbocycles. The minimum atomic E-state index is -0.132. The second kappa shape index (κ2) is 7.78. The van der Waals surface area contributed by atoms with Crippen molar-refractivity contribution in [2.24, 2.45) is 0 Å². The maximum atomic E-state index is 5.92. The van der Waals surface area contributed by atoms with Gasteiger partial charge in [0, 0.05) is 9.79 Å². The summed E-state index contributed by atoms with van der Waals surface area (Å²) < 4.78 is 21.7. The summed E-state index contributed by atoms with van der Waals surface area (Å²) in [4.78, 5) is 2.30. The molecule has 0 N–H and O–H groups in total. The molecule has 0 unspecified atom stereocenters. The van der Waals surface area contributed by atoms with E-state index in [1.54, 1.807) is 18.9 Å². The maximum Gasteiger partial charge on any atom is 0.163 e. The summed E-state index contributed by atoms with van der Waals surface area (Å²) in [7, 11) is 1.56.